The number of aromatic amines is 1. The summed E-state index contributed by atoms with van der Waals surface area (Å²) >= 11 is 0. The smallest absolute Gasteiger partial charge is 0.343 e. The van der Waals surface area contributed by atoms with E-state index in [-0.39, 0.29) is 23.4 Å². The van der Waals surface area contributed by atoms with E-state index in [9.17, 15) is 9.59 Å². The molecule has 6 heteroatoms. The molecule has 0 aliphatic carbocycles. The fourth-order valence-electron chi connectivity index (χ4n) is 1.41. The van der Waals surface area contributed by atoms with Crippen molar-refractivity contribution >= 4 is 11.6 Å². The lowest BCUT2D eigenvalue weighted by Gasteiger charge is -1.99. The number of rotatable bonds is 2. The Hall–Kier alpha value is -2.11. The summed E-state index contributed by atoms with van der Waals surface area (Å²) in [7, 11) is 0. The van der Waals surface area contributed by atoms with E-state index >= 15 is 0 Å². The molecule has 84 valence electrons. The number of esters is 1. The summed E-state index contributed by atoms with van der Waals surface area (Å²) in [6.07, 6.45) is 2.86. The van der Waals surface area contributed by atoms with Crippen LogP contribution in [-0.2, 0) is 4.74 Å². The lowest BCUT2D eigenvalue weighted by molar-refractivity contribution is 0.0528. The largest absolute Gasteiger partial charge is 0.462 e. The van der Waals surface area contributed by atoms with Crippen LogP contribution in [0.25, 0.3) is 5.65 Å². The number of carbonyl (C=O) groups is 1. The molecule has 0 radical (unpaired) electrons. The van der Waals surface area contributed by atoms with Gasteiger partial charge in [0.1, 0.15) is 5.56 Å². The molecule has 2 aromatic rings. The first-order valence-corrected chi connectivity index (χ1v) is 4.88. The van der Waals surface area contributed by atoms with Gasteiger partial charge in [-0.15, -0.1) is 0 Å². The van der Waals surface area contributed by atoms with Crippen LogP contribution in [-0.4, -0.2) is 27.2 Å². The first-order chi connectivity index (χ1) is 7.65. The molecule has 2 rings (SSSR count). The summed E-state index contributed by atoms with van der Waals surface area (Å²) in [5, 5.41) is 2.68. The molecule has 1 N–H and O–H groups in total. The Kier molecular flexibility index (Phi) is 2.47. The Morgan fingerprint density at radius 2 is 2.38 bits per heavy atom. The van der Waals surface area contributed by atoms with Gasteiger partial charge < -0.3 is 4.74 Å². The van der Waals surface area contributed by atoms with Gasteiger partial charge in [0.15, 0.2) is 5.65 Å². The average molecular weight is 221 g/mol. The third kappa shape index (κ3) is 1.48. The van der Waals surface area contributed by atoms with Crippen LogP contribution in [0, 0.1) is 6.92 Å². The Bertz CT molecular complexity index is 597. The van der Waals surface area contributed by atoms with Crippen LogP contribution in [0.15, 0.2) is 17.2 Å². The first kappa shape index (κ1) is 10.4. The number of ether oxygens (including phenoxy) is 1. The summed E-state index contributed by atoms with van der Waals surface area (Å²) < 4.78 is 6.07. The Labute approximate surface area is 90.9 Å². The standard InChI is InChI=1S/C10H11N3O3/c1-3-16-10(15)7-5-12-13-8(7)11-4-6(2)9(13)14/h4-5,12H,3H2,1-2H3. The third-order valence-corrected chi connectivity index (χ3v) is 2.21. The number of H-pyrrole nitrogens is 1. The van der Waals surface area contributed by atoms with Crippen molar-refractivity contribution in [3.63, 3.8) is 0 Å². The van der Waals surface area contributed by atoms with Crippen LogP contribution in [0.3, 0.4) is 0 Å². The maximum Gasteiger partial charge on any atom is 0.343 e. The minimum Gasteiger partial charge on any atom is -0.462 e. The molecule has 0 spiro atoms. The van der Waals surface area contributed by atoms with E-state index in [0.717, 1.165) is 0 Å². The van der Waals surface area contributed by atoms with Crippen molar-refractivity contribution in [1.82, 2.24) is 14.6 Å². The van der Waals surface area contributed by atoms with Crippen molar-refractivity contribution in [3.8, 4) is 0 Å². The van der Waals surface area contributed by atoms with E-state index < -0.39 is 5.97 Å². The van der Waals surface area contributed by atoms with Crippen LogP contribution in [0.4, 0.5) is 0 Å². The van der Waals surface area contributed by atoms with Crippen LogP contribution in [0.2, 0.25) is 0 Å². The van der Waals surface area contributed by atoms with Crippen molar-refractivity contribution in [3.05, 3.63) is 33.9 Å². The minimum absolute atomic E-state index is 0.222. The summed E-state index contributed by atoms with van der Waals surface area (Å²) in [5.74, 6) is -0.489. The lowest BCUT2D eigenvalue weighted by atomic mass is 10.3. The van der Waals surface area contributed by atoms with Gasteiger partial charge in [0.05, 0.1) is 6.61 Å². The molecule has 0 unspecified atom stereocenters. The molecule has 0 saturated carbocycles. The van der Waals surface area contributed by atoms with Crippen molar-refractivity contribution < 1.29 is 9.53 Å². The fraction of sp³-hybridized carbons (Fsp3) is 0.300. The van der Waals surface area contributed by atoms with Crippen LogP contribution in [0.1, 0.15) is 22.8 Å². The highest BCUT2D eigenvalue weighted by Crippen LogP contribution is 2.07. The number of hydrogen-bond donors (Lipinski definition) is 1. The van der Waals surface area contributed by atoms with Gasteiger partial charge in [-0.25, -0.2) is 14.3 Å². The number of hydrogen-bond acceptors (Lipinski definition) is 4. The quantitative estimate of drug-likeness (QED) is 0.749. The van der Waals surface area contributed by atoms with E-state index in [0.29, 0.717) is 5.56 Å². The highest BCUT2D eigenvalue weighted by atomic mass is 16.5. The average Bonchev–Trinajstić information content (AvgIpc) is 2.68. The number of nitrogens with zero attached hydrogens (tertiary/aromatic N) is 2. The zero-order chi connectivity index (χ0) is 11.7. The molecule has 0 atom stereocenters. The van der Waals surface area contributed by atoms with Gasteiger partial charge in [-0.1, -0.05) is 0 Å². The highest BCUT2D eigenvalue weighted by molar-refractivity contribution is 5.95. The maximum atomic E-state index is 11.7. The lowest BCUT2D eigenvalue weighted by Crippen LogP contribution is -2.17. The predicted molar refractivity (Wildman–Crippen MR) is 56.5 cm³/mol. The van der Waals surface area contributed by atoms with Gasteiger partial charge in [0.25, 0.3) is 5.56 Å². The second-order valence-electron chi connectivity index (χ2n) is 3.31. The molecular weight excluding hydrogens is 210 g/mol. The van der Waals surface area contributed by atoms with Gasteiger partial charge in [0, 0.05) is 18.0 Å². The van der Waals surface area contributed by atoms with E-state index in [2.05, 4.69) is 10.1 Å². The van der Waals surface area contributed by atoms with Gasteiger partial charge in [-0.2, -0.15) is 0 Å². The number of fused-ring (bicyclic) bond motifs is 1. The van der Waals surface area contributed by atoms with Crippen molar-refractivity contribution in [2.24, 2.45) is 0 Å². The number of carbonyl (C=O) groups excluding carboxylic acids is 1. The molecule has 0 fully saturated rings. The molecule has 0 bridgehead atoms. The Morgan fingerprint density at radius 3 is 3.06 bits per heavy atom. The van der Waals surface area contributed by atoms with Crippen LogP contribution in [0.5, 0.6) is 0 Å². The topological polar surface area (TPSA) is 76.5 Å². The van der Waals surface area contributed by atoms with Gasteiger partial charge in [-0.05, 0) is 13.8 Å². The number of aromatic nitrogens is 3. The molecule has 0 amide bonds. The molecule has 0 aromatic carbocycles. The fourth-order valence-corrected chi connectivity index (χ4v) is 1.41. The summed E-state index contributed by atoms with van der Waals surface area (Å²) in [6.45, 7) is 3.66. The van der Waals surface area contributed by atoms with Gasteiger partial charge in [0.2, 0.25) is 0 Å². The number of nitrogens with one attached hydrogen (secondary N) is 1. The maximum absolute atomic E-state index is 11.7. The zero-order valence-electron chi connectivity index (χ0n) is 8.98. The van der Waals surface area contributed by atoms with E-state index in [4.69, 9.17) is 4.74 Å². The molecule has 0 aliphatic heterocycles. The van der Waals surface area contributed by atoms with E-state index in [1.165, 1.54) is 16.9 Å². The number of aryl methyl sites for hydroxylation is 1. The van der Waals surface area contributed by atoms with Crippen LogP contribution >= 0.6 is 0 Å². The third-order valence-electron chi connectivity index (χ3n) is 2.21. The molecule has 6 nitrogen and oxygen atoms in total. The SMILES string of the molecule is CCOC(=O)c1c[nH]n2c(=O)c(C)cnc12. The molecular formula is C10H11N3O3. The minimum atomic E-state index is -0.489. The van der Waals surface area contributed by atoms with Crippen LogP contribution < -0.4 is 5.56 Å². The zero-order valence-corrected chi connectivity index (χ0v) is 8.98. The molecule has 2 aromatic heterocycles. The van der Waals surface area contributed by atoms with E-state index in [1.54, 1.807) is 13.8 Å². The summed E-state index contributed by atoms with van der Waals surface area (Å²) in [6, 6.07) is 0. The molecule has 0 saturated heterocycles. The Balaban J connectivity index is 2.63. The van der Waals surface area contributed by atoms with Gasteiger partial charge >= 0.3 is 5.97 Å². The summed E-state index contributed by atoms with van der Waals surface area (Å²) in [5.41, 5.74) is 0.836. The highest BCUT2D eigenvalue weighted by Gasteiger charge is 2.15. The van der Waals surface area contributed by atoms with Gasteiger partial charge in [-0.3, -0.25) is 9.89 Å². The monoisotopic (exact) mass is 221 g/mol. The summed E-state index contributed by atoms with van der Waals surface area (Å²) in [4.78, 5) is 27.2. The van der Waals surface area contributed by atoms with Crippen molar-refractivity contribution in [1.29, 1.82) is 0 Å². The van der Waals surface area contributed by atoms with Crippen molar-refractivity contribution in [2.75, 3.05) is 6.61 Å². The first-order valence-electron chi connectivity index (χ1n) is 4.88. The van der Waals surface area contributed by atoms with Crippen molar-refractivity contribution in [2.45, 2.75) is 13.8 Å². The predicted octanol–water partition coefficient (Wildman–Crippen LogP) is 0.508. The second-order valence-corrected chi connectivity index (χ2v) is 3.31. The second kappa shape index (κ2) is 3.80. The molecule has 16 heavy (non-hydrogen) atoms. The van der Waals surface area contributed by atoms with E-state index in [1.807, 2.05) is 0 Å². The molecule has 2 heterocycles. The molecule has 0 aliphatic rings. The Morgan fingerprint density at radius 1 is 1.62 bits per heavy atom. The normalized spacial score (nSPS) is 10.6.